The third kappa shape index (κ3) is 2.78. The average Bonchev–Trinajstić information content (AvgIpc) is 3.00. The van der Waals surface area contributed by atoms with E-state index >= 15 is 0 Å². The van der Waals surface area contributed by atoms with Gasteiger partial charge in [0, 0.05) is 40.8 Å². The van der Waals surface area contributed by atoms with Crippen molar-refractivity contribution in [2.45, 2.75) is 6.18 Å². The summed E-state index contributed by atoms with van der Waals surface area (Å²) in [4.78, 5) is 27.9. The highest BCUT2D eigenvalue weighted by atomic mass is 19.4. The SMILES string of the molecule is O=C1c2cnc3ccc(Nc4cccnc4)cc3c2-c2cnc(C(F)(F)F)nc21. The summed E-state index contributed by atoms with van der Waals surface area (Å²) in [5.41, 5.74) is 2.78. The molecule has 0 atom stereocenters. The van der Waals surface area contributed by atoms with Crippen LogP contribution in [-0.2, 0) is 6.18 Å². The van der Waals surface area contributed by atoms with Crippen LogP contribution in [0.25, 0.3) is 22.0 Å². The summed E-state index contributed by atoms with van der Waals surface area (Å²) in [6, 6.07) is 8.99. The number of carbonyl (C=O) groups is 1. The van der Waals surface area contributed by atoms with Gasteiger partial charge in [0.25, 0.3) is 0 Å². The lowest BCUT2D eigenvalue weighted by molar-refractivity contribution is -0.145. The van der Waals surface area contributed by atoms with Gasteiger partial charge in [0.1, 0.15) is 5.69 Å². The number of halogens is 3. The Balaban J connectivity index is 1.68. The summed E-state index contributed by atoms with van der Waals surface area (Å²) in [7, 11) is 0. The zero-order chi connectivity index (χ0) is 20.2. The third-order valence-electron chi connectivity index (χ3n) is 4.59. The molecular weight excluding hydrogens is 383 g/mol. The van der Waals surface area contributed by atoms with Crippen molar-refractivity contribution in [1.29, 1.82) is 0 Å². The first-order valence-corrected chi connectivity index (χ1v) is 8.51. The topological polar surface area (TPSA) is 80.7 Å². The number of carbonyl (C=O) groups excluding carboxylic acids is 1. The van der Waals surface area contributed by atoms with E-state index in [0.717, 1.165) is 17.6 Å². The Morgan fingerprint density at radius 2 is 1.76 bits per heavy atom. The molecule has 5 rings (SSSR count). The molecule has 1 aliphatic carbocycles. The van der Waals surface area contributed by atoms with E-state index < -0.39 is 17.8 Å². The molecule has 3 heterocycles. The van der Waals surface area contributed by atoms with Crippen molar-refractivity contribution in [3.8, 4) is 11.1 Å². The number of aromatic nitrogens is 4. The smallest absolute Gasteiger partial charge is 0.354 e. The van der Waals surface area contributed by atoms with Crippen LogP contribution in [0.3, 0.4) is 0 Å². The van der Waals surface area contributed by atoms with Gasteiger partial charge in [0.05, 0.1) is 23.0 Å². The maximum Gasteiger partial charge on any atom is 0.451 e. The lowest BCUT2D eigenvalue weighted by atomic mass is 10.0. The third-order valence-corrected chi connectivity index (χ3v) is 4.59. The van der Waals surface area contributed by atoms with Gasteiger partial charge in [-0.2, -0.15) is 13.2 Å². The minimum Gasteiger partial charge on any atom is -0.354 e. The molecule has 0 amide bonds. The summed E-state index contributed by atoms with van der Waals surface area (Å²) in [5.74, 6) is -1.93. The van der Waals surface area contributed by atoms with Gasteiger partial charge in [-0.1, -0.05) is 0 Å². The van der Waals surface area contributed by atoms with Crippen molar-refractivity contribution in [1.82, 2.24) is 19.9 Å². The van der Waals surface area contributed by atoms with Crippen LogP contribution in [0.1, 0.15) is 21.9 Å². The fraction of sp³-hybridized carbons (Fsp3) is 0.0500. The molecule has 1 aromatic carbocycles. The van der Waals surface area contributed by atoms with Crippen molar-refractivity contribution in [3.05, 3.63) is 72.2 Å². The van der Waals surface area contributed by atoms with Gasteiger partial charge in [0.15, 0.2) is 0 Å². The Morgan fingerprint density at radius 1 is 0.931 bits per heavy atom. The highest BCUT2D eigenvalue weighted by Crippen LogP contribution is 2.41. The molecule has 0 spiro atoms. The van der Waals surface area contributed by atoms with E-state index in [-0.39, 0.29) is 16.8 Å². The van der Waals surface area contributed by atoms with E-state index in [1.807, 2.05) is 12.1 Å². The summed E-state index contributed by atoms with van der Waals surface area (Å²) in [5, 5.41) is 3.81. The first-order valence-electron chi connectivity index (χ1n) is 8.51. The summed E-state index contributed by atoms with van der Waals surface area (Å²) >= 11 is 0. The molecular formula is C20H10F3N5O. The van der Waals surface area contributed by atoms with Crippen LogP contribution >= 0.6 is 0 Å². The maximum absolute atomic E-state index is 13.0. The monoisotopic (exact) mass is 393 g/mol. The predicted molar refractivity (Wildman–Crippen MR) is 98.7 cm³/mol. The second-order valence-corrected chi connectivity index (χ2v) is 6.43. The lowest BCUT2D eigenvalue weighted by Crippen LogP contribution is -2.13. The molecule has 0 unspecified atom stereocenters. The van der Waals surface area contributed by atoms with Crippen molar-refractivity contribution < 1.29 is 18.0 Å². The number of hydrogen-bond acceptors (Lipinski definition) is 6. The van der Waals surface area contributed by atoms with E-state index in [9.17, 15) is 18.0 Å². The van der Waals surface area contributed by atoms with Crippen LogP contribution in [0.15, 0.2) is 55.1 Å². The van der Waals surface area contributed by atoms with Crippen molar-refractivity contribution >= 4 is 28.1 Å². The molecule has 0 bridgehead atoms. The van der Waals surface area contributed by atoms with Crippen LogP contribution in [-0.4, -0.2) is 25.7 Å². The standard InChI is InChI=1S/C20H10F3N5O/c21-20(22,23)19-26-8-13-16-12-6-10(27-11-2-1-5-24-7-11)3-4-15(12)25-9-14(16)18(29)17(13)28-19/h1-9,27H. The quantitative estimate of drug-likeness (QED) is 0.479. The van der Waals surface area contributed by atoms with E-state index in [4.69, 9.17) is 0 Å². The maximum atomic E-state index is 13.0. The van der Waals surface area contributed by atoms with Crippen LogP contribution in [0.4, 0.5) is 24.5 Å². The van der Waals surface area contributed by atoms with Crippen LogP contribution in [0.2, 0.25) is 0 Å². The molecule has 4 aromatic rings. The number of anilines is 2. The van der Waals surface area contributed by atoms with Gasteiger partial charge in [-0.25, -0.2) is 9.97 Å². The molecule has 0 radical (unpaired) electrons. The summed E-state index contributed by atoms with van der Waals surface area (Å²) in [6.45, 7) is 0. The van der Waals surface area contributed by atoms with Crippen molar-refractivity contribution in [3.63, 3.8) is 0 Å². The van der Waals surface area contributed by atoms with E-state index in [1.165, 1.54) is 6.20 Å². The number of hydrogen-bond donors (Lipinski definition) is 1. The number of nitrogens with one attached hydrogen (secondary N) is 1. The highest BCUT2D eigenvalue weighted by molar-refractivity contribution is 6.24. The van der Waals surface area contributed by atoms with Crippen LogP contribution in [0.5, 0.6) is 0 Å². The van der Waals surface area contributed by atoms with E-state index in [1.54, 1.807) is 30.6 Å². The molecule has 3 aromatic heterocycles. The predicted octanol–water partition coefficient (Wildman–Crippen LogP) is 4.39. The minimum atomic E-state index is -4.73. The van der Waals surface area contributed by atoms with E-state index in [2.05, 4.69) is 25.3 Å². The summed E-state index contributed by atoms with van der Waals surface area (Å²) < 4.78 is 38.9. The van der Waals surface area contributed by atoms with E-state index in [0.29, 0.717) is 16.5 Å². The molecule has 142 valence electrons. The molecule has 29 heavy (non-hydrogen) atoms. The van der Waals surface area contributed by atoms with Gasteiger partial charge >= 0.3 is 6.18 Å². The Hall–Kier alpha value is -3.88. The number of ketones is 1. The second kappa shape index (κ2) is 6.06. The van der Waals surface area contributed by atoms with Gasteiger partial charge in [-0.15, -0.1) is 0 Å². The molecule has 0 fully saturated rings. The first-order chi connectivity index (χ1) is 13.9. The minimum absolute atomic E-state index is 0.208. The van der Waals surface area contributed by atoms with Gasteiger partial charge in [-0.05, 0) is 30.3 Å². The first kappa shape index (κ1) is 17.2. The normalized spacial score (nSPS) is 12.7. The molecule has 9 heteroatoms. The molecule has 1 N–H and O–H groups in total. The Morgan fingerprint density at radius 3 is 2.52 bits per heavy atom. The number of benzene rings is 1. The fourth-order valence-electron chi connectivity index (χ4n) is 3.34. The number of rotatable bonds is 2. The Labute approximate surface area is 161 Å². The molecule has 0 saturated carbocycles. The average molecular weight is 393 g/mol. The molecule has 6 nitrogen and oxygen atoms in total. The number of alkyl halides is 3. The number of nitrogens with zero attached hydrogens (tertiary/aromatic N) is 4. The molecule has 0 saturated heterocycles. The van der Waals surface area contributed by atoms with Gasteiger partial charge in [0.2, 0.25) is 11.6 Å². The van der Waals surface area contributed by atoms with Crippen LogP contribution < -0.4 is 5.32 Å². The number of pyridine rings is 2. The largest absolute Gasteiger partial charge is 0.451 e. The highest BCUT2D eigenvalue weighted by Gasteiger charge is 2.38. The Kier molecular flexibility index (Phi) is 3.60. The molecule has 0 aliphatic heterocycles. The van der Waals surface area contributed by atoms with Gasteiger partial charge in [-0.3, -0.25) is 14.8 Å². The zero-order valence-electron chi connectivity index (χ0n) is 14.5. The Bertz CT molecular complexity index is 1290. The summed E-state index contributed by atoms with van der Waals surface area (Å²) in [6.07, 6.45) is 0.993. The molecule has 1 aliphatic rings. The second-order valence-electron chi connectivity index (χ2n) is 6.43. The lowest BCUT2D eigenvalue weighted by Gasteiger charge is -2.10. The van der Waals surface area contributed by atoms with Gasteiger partial charge < -0.3 is 5.32 Å². The van der Waals surface area contributed by atoms with Crippen molar-refractivity contribution in [2.24, 2.45) is 0 Å². The van der Waals surface area contributed by atoms with Crippen molar-refractivity contribution in [2.75, 3.05) is 5.32 Å². The number of fused-ring (bicyclic) bond motifs is 5. The zero-order valence-corrected chi connectivity index (χ0v) is 14.5. The fourth-order valence-corrected chi connectivity index (χ4v) is 3.34. The van der Waals surface area contributed by atoms with Crippen LogP contribution in [0, 0.1) is 0 Å².